The summed E-state index contributed by atoms with van der Waals surface area (Å²) < 4.78 is 0. The van der Waals surface area contributed by atoms with Crippen LogP contribution in [0.1, 0.15) is 27.2 Å². The van der Waals surface area contributed by atoms with Crippen molar-refractivity contribution >= 4 is 0 Å². The van der Waals surface area contributed by atoms with E-state index in [-0.39, 0.29) is 0 Å². The van der Waals surface area contributed by atoms with Crippen molar-refractivity contribution in [2.45, 2.75) is 27.2 Å². The highest BCUT2D eigenvalue weighted by Crippen LogP contribution is 2.18. The molecular formula is C9H17N. The minimum absolute atomic E-state index is 0.729. The van der Waals surface area contributed by atoms with Gasteiger partial charge in [0.2, 0.25) is 0 Å². The highest BCUT2D eigenvalue weighted by molar-refractivity contribution is 5.18. The summed E-state index contributed by atoms with van der Waals surface area (Å²) in [7, 11) is 0. The zero-order valence-corrected chi connectivity index (χ0v) is 7.20. The van der Waals surface area contributed by atoms with Gasteiger partial charge < -0.3 is 5.32 Å². The lowest BCUT2D eigenvalue weighted by molar-refractivity contribution is 0.606. The molecule has 1 heterocycles. The zero-order valence-electron chi connectivity index (χ0n) is 7.20. The second-order valence-corrected chi connectivity index (χ2v) is 3.39. The van der Waals surface area contributed by atoms with Gasteiger partial charge in [0.25, 0.3) is 0 Å². The molecule has 0 spiro atoms. The van der Waals surface area contributed by atoms with E-state index in [1.807, 2.05) is 0 Å². The monoisotopic (exact) mass is 139 g/mol. The first-order valence-corrected chi connectivity index (χ1v) is 4.11. The SMILES string of the molecule is CC1=C(C(C)C)CNCC1. The maximum atomic E-state index is 3.39. The Morgan fingerprint density at radius 1 is 1.40 bits per heavy atom. The van der Waals surface area contributed by atoms with Gasteiger partial charge in [0.15, 0.2) is 0 Å². The second-order valence-electron chi connectivity index (χ2n) is 3.39. The predicted molar refractivity (Wildman–Crippen MR) is 45.0 cm³/mol. The standard InChI is InChI=1S/C9H17N/c1-7(2)9-6-10-5-4-8(9)3/h7,10H,4-6H2,1-3H3. The van der Waals surface area contributed by atoms with Crippen LogP contribution in [0.3, 0.4) is 0 Å². The van der Waals surface area contributed by atoms with Crippen molar-refractivity contribution in [3.05, 3.63) is 11.1 Å². The summed E-state index contributed by atoms with van der Waals surface area (Å²) in [6.45, 7) is 9.08. The molecule has 1 N–H and O–H groups in total. The number of rotatable bonds is 1. The van der Waals surface area contributed by atoms with Gasteiger partial charge in [-0.2, -0.15) is 0 Å². The summed E-state index contributed by atoms with van der Waals surface area (Å²) in [4.78, 5) is 0. The molecule has 1 aliphatic rings. The van der Waals surface area contributed by atoms with Gasteiger partial charge in [-0.25, -0.2) is 0 Å². The van der Waals surface area contributed by atoms with E-state index in [0.29, 0.717) is 0 Å². The predicted octanol–water partition coefficient (Wildman–Crippen LogP) is 1.95. The molecular weight excluding hydrogens is 122 g/mol. The molecule has 0 unspecified atom stereocenters. The Kier molecular flexibility index (Phi) is 2.50. The molecule has 1 aliphatic heterocycles. The largest absolute Gasteiger partial charge is 0.313 e. The smallest absolute Gasteiger partial charge is 0.0169 e. The maximum Gasteiger partial charge on any atom is 0.0169 e. The van der Waals surface area contributed by atoms with Crippen molar-refractivity contribution in [3.8, 4) is 0 Å². The fourth-order valence-electron chi connectivity index (χ4n) is 1.51. The number of hydrogen-bond donors (Lipinski definition) is 1. The van der Waals surface area contributed by atoms with E-state index in [1.54, 1.807) is 11.1 Å². The minimum Gasteiger partial charge on any atom is -0.313 e. The van der Waals surface area contributed by atoms with Crippen LogP contribution in [0.4, 0.5) is 0 Å². The lowest BCUT2D eigenvalue weighted by atomic mass is 9.94. The molecule has 1 heteroatoms. The Labute approximate surface area is 63.5 Å². The maximum absolute atomic E-state index is 3.39. The molecule has 1 rings (SSSR count). The molecule has 0 aromatic carbocycles. The highest BCUT2D eigenvalue weighted by Gasteiger charge is 2.10. The van der Waals surface area contributed by atoms with Gasteiger partial charge in [-0.3, -0.25) is 0 Å². The van der Waals surface area contributed by atoms with E-state index >= 15 is 0 Å². The van der Waals surface area contributed by atoms with Gasteiger partial charge in [0.05, 0.1) is 0 Å². The fourth-order valence-corrected chi connectivity index (χ4v) is 1.51. The summed E-state index contributed by atoms with van der Waals surface area (Å²) in [5.41, 5.74) is 3.22. The number of nitrogens with one attached hydrogen (secondary N) is 1. The quantitative estimate of drug-likeness (QED) is 0.547. The van der Waals surface area contributed by atoms with E-state index in [1.165, 1.54) is 13.0 Å². The van der Waals surface area contributed by atoms with Crippen molar-refractivity contribution in [2.24, 2.45) is 5.92 Å². The molecule has 0 aliphatic carbocycles. The van der Waals surface area contributed by atoms with Crippen molar-refractivity contribution < 1.29 is 0 Å². The summed E-state index contributed by atoms with van der Waals surface area (Å²) in [5, 5.41) is 3.39. The van der Waals surface area contributed by atoms with Crippen molar-refractivity contribution in [3.63, 3.8) is 0 Å². The molecule has 0 radical (unpaired) electrons. The van der Waals surface area contributed by atoms with Crippen molar-refractivity contribution in [2.75, 3.05) is 13.1 Å². The molecule has 0 fully saturated rings. The Balaban J connectivity index is 2.68. The van der Waals surface area contributed by atoms with Gasteiger partial charge in [-0.15, -0.1) is 0 Å². The van der Waals surface area contributed by atoms with Crippen LogP contribution in [0, 0.1) is 5.92 Å². The van der Waals surface area contributed by atoms with Gasteiger partial charge >= 0.3 is 0 Å². The van der Waals surface area contributed by atoms with Crippen LogP contribution in [0.15, 0.2) is 11.1 Å². The average molecular weight is 139 g/mol. The van der Waals surface area contributed by atoms with Gasteiger partial charge in [0, 0.05) is 6.54 Å². The molecule has 0 aromatic heterocycles. The normalized spacial score (nSPS) is 20.4. The van der Waals surface area contributed by atoms with Crippen LogP contribution in [0.5, 0.6) is 0 Å². The fraction of sp³-hybridized carbons (Fsp3) is 0.778. The Bertz CT molecular complexity index is 145. The van der Waals surface area contributed by atoms with Crippen molar-refractivity contribution in [1.82, 2.24) is 5.32 Å². The molecule has 0 bridgehead atoms. The first kappa shape index (κ1) is 7.80. The third-order valence-corrected chi connectivity index (χ3v) is 2.24. The second kappa shape index (κ2) is 3.20. The van der Waals surface area contributed by atoms with Crippen LogP contribution in [0.25, 0.3) is 0 Å². The van der Waals surface area contributed by atoms with E-state index in [4.69, 9.17) is 0 Å². The molecule has 0 saturated carbocycles. The summed E-state index contributed by atoms with van der Waals surface area (Å²) in [6.07, 6.45) is 1.24. The minimum atomic E-state index is 0.729. The average Bonchev–Trinajstić information content (AvgIpc) is 1.88. The molecule has 0 aromatic rings. The molecule has 10 heavy (non-hydrogen) atoms. The lowest BCUT2D eigenvalue weighted by Gasteiger charge is -2.21. The van der Waals surface area contributed by atoms with Gasteiger partial charge in [0.1, 0.15) is 0 Å². The van der Waals surface area contributed by atoms with Gasteiger partial charge in [-0.1, -0.05) is 25.0 Å². The molecule has 0 amide bonds. The Hall–Kier alpha value is -0.300. The topological polar surface area (TPSA) is 12.0 Å². The third-order valence-electron chi connectivity index (χ3n) is 2.24. The van der Waals surface area contributed by atoms with E-state index in [0.717, 1.165) is 12.5 Å². The highest BCUT2D eigenvalue weighted by atomic mass is 14.9. The lowest BCUT2D eigenvalue weighted by Crippen LogP contribution is -2.26. The van der Waals surface area contributed by atoms with Crippen LogP contribution < -0.4 is 5.32 Å². The van der Waals surface area contributed by atoms with Crippen LogP contribution in [-0.2, 0) is 0 Å². The first-order chi connectivity index (χ1) is 4.72. The zero-order chi connectivity index (χ0) is 7.56. The summed E-state index contributed by atoms with van der Waals surface area (Å²) in [5.74, 6) is 0.729. The first-order valence-electron chi connectivity index (χ1n) is 4.11. The number of hydrogen-bond acceptors (Lipinski definition) is 1. The van der Waals surface area contributed by atoms with Crippen LogP contribution in [-0.4, -0.2) is 13.1 Å². The third kappa shape index (κ3) is 1.60. The van der Waals surface area contributed by atoms with Crippen LogP contribution in [0.2, 0.25) is 0 Å². The summed E-state index contributed by atoms with van der Waals surface area (Å²) >= 11 is 0. The summed E-state index contributed by atoms with van der Waals surface area (Å²) in [6, 6.07) is 0. The van der Waals surface area contributed by atoms with Crippen molar-refractivity contribution in [1.29, 1.82) is 0 Å². The molecule has 0 atom stereocenters. The van der Waals surface area contributed by atoms with E-state index in [2.05, 4.69) is 26.1 Å². The van der Waals surface area contributed by atoms with Crippen LogP contribution >= 0.6 is 0 Å². The van der Waals surface area contributed by atoms with Gasteiger partial charge in [-0.05, 0) is 25.8 Å². The molecule has 1 nitrogen and oxygen atoms in total. The molecule has 58 valence electrons. The Morgan fingerprint density at radius 2 is 2.10 bits per heavy atom. The molecule has 0 saturated heterocycles. The van der Waals surface area contributed by atoms with E-state index in [9.17, 15) is 0 Å². The van der Waals surface area contributed by atoms with E-state index < -0.39 is 0 Å². The Morgan fingerprint density at radius 3 is 2.50 bits per heavy atom.